The van der Waals surface area contributed by atoms with E-state index in [0.29, 0.717) is 19.8 Å². The molecule has 1 rings (SSSR count). The molecule has 0 unspecified atom stereocenters. The zero-order chi connectivity index (χ0) is 13.8. The number of allylic oxidation sites excluding steroid dienone is 4. The maximum atomic E-state index is 7.88. The molecule has 0 radical (unpaired) electrons. The third-order valence-electron chi connectivity index (χ3n) is 1.33. The van der Waals surface area contributed by atoms with Crippen LogP contribution in [0.25, 0.3) is 0 Å². The van der Waals surface area contributed by atoms with Crippen LogP contribution in [0.2, 0.25) is 0 Å². The standard InChI is InChI=1S/C5H6.3C3H8O.Ti/c1-2-4-5-3-1;3*1-2-3-4;/h1-4H,5H2;3*4H,2-3H2,1H3;. The monoisotopic (exact) mass is 294 g/mol. The first kappa shape index (κ1) is 26.6. The maximum Gasteiger partial charge on any atom is 0.0428 e. The fourth-order valence-electron chi connectivity index (χ4n) is 0.393. The SMILES string of the molecule is C1=CCC=C1.CCCO.CCCO.CCCO.[Ti]. The smallest absolute Gasteiger partial charge is 0.0428 e. The number of hydrogen-bond donors (Lipinski definition) is 3. The summed E-state index contributed by atoms with van der Waals surface area (Å²) in [5.41, 5.74) is 0. The van der Waals surface area contributed by atoms with Crippen molar-refractivity contribution in [1.29, 1.82) is 0 Å². The molecular weight excluding hydrogens is 264 g/mol. The summed E-state index contributed by atoms with van der Waals surface area (Å²) >= 11 is 0. The second-order valence-corrected chi connectivity index (χ2v) is 3.26. The topological polar surface area (TPSA) is 60.7 Å². The van der Waals surface area contributed by atoms with E-state index in [1.54, 1.807) is 0 Å². The molecule has 0 fully saturated rings. The molecule has 4 heteroatoms. The molecule has 0 amide bonds. The molecule has 0 saturated carbocycles. The Kier molecular flexibility index (Phi) is 53.2. The van der Waals surface area contributed by atoms with Crippen molar-refractivity contribution >= 4 is 0 Å². The number of rotatable bonds is 3. The second kappa shape index (κ2) is 36.0. The summed E-state index contributed by atoms with van der Waals surface area (Å²) < 4.78 is 0. The van der Waals surface area contributed by atoms with E-state index < -0.39 is 0 Å². The van der Waals surface area contributed by atoms with Crippen LogP contribution in [0, 0.1) is 0 Å². The molecule has 0 saturated heterocycles. The van der Waals surface area contributed by atoms with E-state index in [4.69, 9.17) is 15.3 Å². The molecule has 108 valence electrons. The Morgan fingerprint density at radius 2 is 0.944 bits per heavy atom. The number of aliphatic hydroxyl groups excluding tert-OH is 3. The fourth-order valence-corrected chi connectivity index (χ4v) is 0.393. The predicted molar refractivity (Wildman–Crippen MR) is 75.0 cm³/mol. The van der Waals surface area contributed by atoms with E-state index in [0.717, 1.165) is 25.7 Å². The van der Waals surface area contributed by atoms with Gasteiger partial charge in [-0.1, -0.05) is 45.1 Å². The van der Waals surface area contributed by atoms with Crippen LogP contribution in [-0.4, -0.2) is 35.1 Å². The number of aliphatic hydroxyl groups is 3. The second-order valence-electron chi connectivity index (χ2n) is 3.26. The van der Waals surface area contributed by atoms with E-state index in [9.17, 15) is 0 Å². The quantitative estimate of drug-likeness (QED) is 0.701. The first-order valence-electron chi connectivity index (χ1n) is 6.39. The first-order chi connectivity index (χ1) is 8.24. The van der Waals surface area contributed by atoms with Crippen LogP contribution in [0.3, 0.4) is 0 Å². The molecule has 0 aromatic heterocycles. The molecule has 18 heavy (non-hydrogen) atoms. The van der Waals surface area contributed by atoms with Crippen molar-refractivity contribution in [2.24, 2.45) is 0 Å². The van der Waals surface area contributed by atoms with Gasteiger partial charge in [0.15, 0.2) is 0 Å². The summed E-state index contributed by atoms with van der Waals surface area (Å²) in [6.45, 7) is 6.75. The molecule has 0 aromatic rings. The van der Waals surface area contributed by atoms with Crippen molar-refractivity contribution in [2.75, 3.05) is 19.8 Å². The van der Waals surface area contributed by atoms with E-state index in [-0.39, 0.29) is 21.7 Å². The summed E-state index contributed by atoms with van der Waals surface area (Å²) in [5, 5.41) is 23.6. The molecule has 0 heterocycles. The average Bonchev–Trinajstić information content (AvgIpc) is 2.98. The normalized spacial score (nSPS) is 9.89. The minimum Gasteiger partial charge on any atom is -0.396 e. The molecule has 0 bridgehead atoms. The number of hydrogen-bond acceptors (Lipinski definition) is 3. The molecule has 3 nitrogen and oxygen atoms in total. The summed E-state index contributed by atoms with van der Waals surface area (Å²) in [4.78, 5) is 0. The van der Waals surface area contributed by atoms with Crippen LogP contribution in [-0.2, 0) is 21.7 Å². The molecule has 1 aliphatic rings. The van der Waals surface area contributed by atoms with Gasteiger partial charge in [-0.15, -0.1) is 0 Å². The maximum absolute atomic E-state index is 7.88. The van der Waals surface area contributed by atoms with Gasteiger partial charge >= 0.3 is 0 Å². The minimum atomic E-state index is 0. The van der Waals surface area contributed by atoms with Crippen LogP contribution in [0.1, 0.15) is 46.5 Å². The van der Waals surface area contributed by atoms with Gasteiger partial charge in [0.05, 0.1) is 0 Å². The molecule has 0 atom stereocenters. The molecule has 1 aliphatic carbocycles. The van der Waals surface area contributed by atoms with Crippen molar-refractivity contribution in [3.63, 3.8) is 0 Å². The van der Waals surface area contributed by atoms with Crippen molar-refractivity contribution in [3.8, 4) is 0 Å². The van der Waals surface area contributed by atoms with Crippen LogP contribution < -0.4 is 0 Å². The Hall–Kier alpha value is 0.0743. The summed E-state index contributed by atoms with van der Waals surface area (Å²) in [6, 6.07) is 0. The Morgan fingerprint density at radius 1 is 0.722 bits per heavy atom. The third kappa shape index (κ3) is 56.0. The minimum absolute atomic E-state index is 0. The van der Waals surface area contributed by atoms with E-state index >= 15 is 0 Å². The largest absolute Gasteiger partial charge is 0.396 e. The molecule has 0 spiro atoms. The van der Waals surface area contributed by atoms with E-state index in [2.05, 4.69) is 24.3 Å². The first-order valence-corrected chi connectivity index (χ1v) is 6.39. The fraction of sp³-hybridized carbons (Fsp3) is 0.714. The van der Waals surface area contributed by atoms with E-state index in [1.165, 1.54) is 0 Å². The van der Waals surface area contributed by atoms with Gasteiger partial charge in [-0.2, -0.15) is 0 Å². The molecule has 0 aromatic carbocycles. The molecule has 0 aliphatic heterocycles. The van der Waals surface area contributed by atoms with Gasteiger partial charge in [-0.3, -0.25) is 0 Å². The average molecular weight is 294 g/mol. The summed E-state index contributed by atoms with van der Waals surface area (Å²) in [7, 11) is 0. The van der Waals surface area contributed by atoms with Gasteiger partial charge in [0.2, 0.25) is 0 Å². The van der Waals surface area contributed by atoms with Crippen LogP contribution >= 0.6 is 0 Å². The Morgan fingerprint density at radius 3 is 1.00 bits per heavy atom. The van der Waals surface area contributed by atoms with Crippen molar-refractivity contribution < 1.29 is 37.0 Å². The van der Waals surface area contributed by atoms with Gasteiger partial charge in [0, 0.05) is 41.5 Å². The zero-order valence-corrected chi connectivity index (χ0v) is 13.7. The van der Waals surface area contributed by atoms with Gasteiger partial charge in [-0.05, 0) is 25.7 Å². The Balaban J connectivity index is -0.0000000719. The van der Waals surface area contributed by atoms with E-state index in [1.807, 2.05) is 20.8 Å². The predicted octanol–water partition coefficient (Wildman–Crippen LogP) is 2.67. The third-order valence-corrected chi connectivity index (χ3v) is 1.33. The van der Waals surface area contributed by atoms with Crippen molar-refractivity contribution in [2.45, 2.75) is 46.5 Å². The zero-order valence-electron chi connectivity index (χ0n) is 12.1. The Bertz CT molecular complexity index is 122. The van der Waals surface area contributed by atoms with Gasteiger partial charge in [-0.25, -0.2) is 0 Å². The summed E-state index contributed by atoms with van der Waals surface area (Å²) in [6.07, 6.45) is 12.1. The van der Waals surface area contributed by atoms with Crippen molar-refractivity contribution in [3.05, 3.63) is 24.3 Å². The van der Waals surface area contributed by atoms with Gasteiger partial charge in [0.1, 0.15) is 0 Å². The van der Waals surface area contributed by atoms with Crippen LogP contribution in [0.4, 0.5) is 0 Å². The van der Waals surface area contributed by atoms with Gasteiger partial charge in [0.25, 0.3) is 0 Å². The van der Waals surface area contributed by atoms with Crippen molar-refractivity contribution in [1.82, 2.24) is 0 Å². The van der Waals surface area contributed by atoms with Gasteiger partial charge < -0.3 is 15.3 Å². The van der Waals surface area contributed by atoms with Crippen LogP contribution in [0.5, 0.6) is 0 Å². The Labute approximate surface area is 128 Å². The molecular formula is C14H30O3Ti. The summed E-state index contributed by atoms with van der Waals surface area (Å²) in [5.74, 6) is 0. The van der Waals surface area contributed by atoms with Crippen LogP contribution in [0.15, 0.2) is 24.3 Å². The molecule has 3 N–H and O–H groups in total.